The Morgan fingerprint density at radius 3 is 2.67 bits per heavy atom. The molecule has 0 saturated heterocycles. The van der Waals surface area contributed by atoms with Crippen LogP contribution in [0.5, 0.6) is 5.75 Å². The van der Waals surface area contributed by atoms with Crippen molar-refractivity contribution in [1.82, 2.24) is 14.9 Å². The van der Waals surface area contributed by atoms with E-state index in [4.69, 9.17) is 10.5 Å². The predicted octanol–water partition coefficient (Wildman–Crippen LogP) is 0.276. The highest BCUT2D eigenvalue weighted by atomic mass is 32.2. The fourth-order valence-electron chi connectivity index (χ4n) is 1.50. The minimum absolute atomic E-state index is 0.0341. The molecule has 0 unspecified atom stereocenters. The van der Waals surface area contributed by atoms with Crippen molar-refractivity contribution in [1.29, 1.82) is 0 Å². The second-order valence-corrected chi connectivity index (χ2v) is 5.90. The van der Waals surface area contributed by atoms with E-state index < -0.39 is 10.0 Å². The first-order valence-electron chi connectivity index (χ1n) is 6.29. The summed E-state index contributed by atoms with van der Waals surface area (Å²) in [7, 11) is -3.63. The van der Waals surface area contributed by atoms with Gasteiger partial charge in [-0.2, -0.15) is 4.98 Å². The molecular formula is C12H16N4O4S. The quantitative estimate of drug-likeness (QED) is 0.671. The Labute approximate surface area is 122 Å². The van der Waals surface area contributed by atoms with Crippen LogP contribution < -0.4 is 15.2 Å². The average Bonchev–Trinajstić information content (AvgIpc) is 3.00. The minimum Gasteiger partial charge on any atom is -0.494 e. The third kappa shape index (κ3) is 4.52. The largest absolute Gasteiger partial charge is 0.494 e. The number of nitrogens with two attached hydrogens (primary N) is 1. The Hall–Kier alpha value is -1.97. The number of hydrogen-bond acceptors (Lipinski definition) is 7. The van der Waals surface area contributed by atoms with Gasteiger partial charge >= 0.3 is 0 Å². The second-order valence-electron chi connectivity index (χ2n) is 4.13. The molecule has 9 heteroatoms. The van der Waals surface area contributed by atoms with Crippen LogP contribution in [-0.4, -0.2) is 31.7 Å². The summed E-state index contributed by atoms with van der Waals surface area (Å²) in [6.45, 7) is 1.01. The van der Waals surface area contributed by atoms with Crippen molar-refractivity contribution < 1.29 is 17.7 Å². The Bertz CT molecular complexity index is 640. The Balaban J connectivity index is 1.96. The fourth-order valence-corrected chi connectivity index (χ4v) is 2.48. The highest BCUT2D eigenvalue weighted by Gasteiger charge is 2.14. The van der Waals surface area contributed by atoms with Gasteiger partial charge < -0.3 is 15.0 Å². The van der Waals surface area contributed by atoms with E-state index in [1.807, 2.05) is 0 Å². The molecule has 2 aromatic rings. The number of benzene rings is 1. The normalized spacial score (nSPS) is 11.5. The van der Waals surface area contributed by atoms with Crippen LogP contribution in [0.1, 0.15) is 12.2 Å². The van der Waals surface area contributed by atoms with Crippen LogP contribution in [0.15, 0.2) is 40.1 Å². The van der Waals surface area contributed by atoms with Crippen LogP contribution >= 0.6 is 0 Å². The zero-order valence-corrected chi connectivity index (χ0v) is 12.0. The van der Waals surface area contributed by atoms with Gasteiger partial charge in [0.05, 0.1) is 18.0 Å². The smallest absolute Gasteiger partial charge is 0.240 e. The van der Waals surface area contributed by atoms with E-state index in [0.29, 0.717) is 18.9 Å². The van der Waals surface area contributed by atoms with Crippen molar-refractivity contribution in [3.05, 3.63) is 36.5 Å². The first-order valence-corrected chi connectivity index (χ1v) is 7.78. The van der Waals surface area contributed by atoms with Crippen LogP contribution in [0.4, 0.5) is 0 Å². The van der Waals surface area contributed by atoms with Gasteiger partial charge in [0.15, 0.2) is 5.82 Å². The maximum Gasteiger partial charge on any atom is 0.240 e. The van der Waals surface area contributed by atoms with Gasteiger partial charge in [-0.05, 0) is 37.2 Å². The van der Waals surface area contributed by atoms with Gasteiger partial charge in [-0.1, -0.05) is 5.16 Å². The molecule has 1 heterocycles. The summed E-state index contributed by atoms with van der Waals surface area (Å²) in [4.78, 5) is 3.87. The monoisotopic (exact) mass is 312 g/mol. The van der Waals surface area contributed by atoms with Crippen LogP contribution in [0.25, 0.3) is 0 Å². The SMILES string of the molecule is NCCCOc1ccc(S(=O)(=O)NCc2ncon2)cc1. The molecule has 0 amide bonds. The van der Waals surface area contributed by atoms with Gasteiger partial charge in [-0.3, -0.25) is 0 Å². The molecular weight excluding hydrogens is 296 g/mol. The van der Waals surface area contributed by atoms with E-state index in [2.05, 4.69) is 19.4 Å². The third-order valence-electron chi connectivity index (χ3n) is 2.58. The van der Waals surface area contributed by atoms with Gasteiger partial charge in [-0.25, -0.2) is 13.1 Å². The summed E-state index contributed by atoms with van der Waals surface area (Å²) in [5, 5.41) is 3.53. The lowest BCUT2D eigenvalue weighted by Gasteiger charge is -2.07. The highest BCUT2D eigenvalue weighted by molar-refractivity contribution is 7.89. The van der Waals surface area contributed by atoms with E-state index in [0.717, 1.165) is 12.8 Å². The fraction of sp³-hybridized carbons (Fsp3) is 0.333. The number of hydrogen-bond donors (Lipinski definition) is 2. The topological polar surface area (TPSA) is 120 Å². The Morgan fingerprint density at radius 2 is 2.05 bits per heavy atom. The summed E-state index contributed by atoms with van der Waals surface area (Å²) in [5.74, 6) is 0.862. The molecule has 3 N–H and O–H groups in total. The number of rotatable bonds is 8. The van der Waals surface area contributed by atoms with Crippen LogP contribution in [-0.2, 0) is 16.6 Å². The van der Waals surface area contributed by atoms with E-state index in [1.54, 1.807) is 12.1 Å². The van der Waals surface area contributed by atoms with Crippen LogP contribution in [0, 0.1) is 0 Å². The molecule has 21 heavy (non-hydrogen) atoms. The summed E-state index contributed by atoms with van der Waals surface area (Å²) in [6.07, 6.45) is 1.88. The van der Waals surface area contributed by atoms with E-state index >= 15 is 0 Å². The first-order chi connectivity index (χ1) is 10.1. The number of ether oxygens (including phenoxy) is 1. The van der Waals surface area contributed by atoms with E-state index in [9.17, 15) is 8.42 Å². The lowest BCUT2D eigenvalue weighted by atomic mass is 10.3. The average molecular weight is 312 g/mol. The number of nitrogens with one attached hydrogen (secondary N) is 1. The number of nitrogens with zero attached hydrogens (tertiary/aromatic N) is 2. The zero-order chi connectivity index (χ0) is 15.1. The number of sulfonamides is 1. The maximum absolute atomic E-state index is 12.0. The first kappa shape index (κ1) is 15.4. The van der Waals surface area contributed by atoms with Gasteiger partial charge in [-0.15, -0.1) is 0 Å². The molecule has 1 aromatic heterocycles. The summed E-state index contributed by atoms with van der Waals surface area (Å²) in [5.41, 5.74) is 5.36. The molecule has 2 rings (SSSR count). The van der Waals surface area contributed by atoms with Crippen molar-refractivity contribution in [3.63, 3.8) is 0 Å². The van der Waals surface area contributed by atoms with Crippen LogP contribution in [0.2, 0.25) is 0 Å². The molecule has 0 aliphatic heterocycles. The van der Waals surface area contributed by atoms with Gasteiger partial charge in [0, 0.05) is 0 Å². The second kappa shape index (κ2) is 7.16. The molecule has 1 aromatic carbocycles. The van der Waals surface area contributed by atoms with Crippen molar-refractivity contribution in [2.45, 2.75) is 17.9 Å². The molecule has 0 radical (unpaired) electrons. The predicted molar refractivity (Wildman–Crippen MR) is 73.9 cm³/mol. The lowest BCUT2D eigenvalue weighted by Crippen LogP contribution is -2.23. The summed E-state index contributed by atoms with van der Waals surface area (Å²) < 4.78 is 36.4. The van der Waals surface area contributed by atoms with E-state index in [-0.39, 0.29) is 17.3 Å². The number of aromatic nitrogens is 2. The molecule has 0 aliphatic rings. The molecule has 114 valence electrons. The molecule has 0 atom stereocenters. The van der Waals surface area contributed by atoms with Crippen molar-refractivity contribution in [3.8, 4) is 5.75 Å². The molecule has 0 saturated carbocycles. The Morgan fingerprint density at radius 1 is 1.29 bits per heavy atom. The summed E-state index contributed by atoms with van der Waals surface area (Å²) in [6, 6.07) is 6.13. The van der Waals surface area contributed by atoms with Gasteiger partial charge in [0.1, 0.15) is 5.75 Å². The molecule has 8 nitrogen and oxygen atoms in total. The minimum atomic E-state index is -3.63. The van der Waals surface area contributed by atoms with Crippen LogP contribution in [0.3, 0.4) is 0 Å². The zero-order valence-electron chi connectivity index (χ0n) is 11.2. The lowest BCUT2D eigenvalue weighted by molar-refractivity contribution is 0.313. The Kier molecular flexibility index (Phi) is 5.26. The third-order valence-corrected chi connectivity index (χ3v) is 4.00. The molecule has 0 bridgehead atoms. The van der Waals surface area contributed by atoms with Crippen molar-refractivity contribution >= 4 is 10.0 Å². The van der Waals surface area contributed by atoms with E-state index in [1.165, 1.54) is 12.1 Å². The summed E-state index contributed by atoms with van der Waals surface area (Å²) >= 11 is 0. The van der Waals surface area contributed by atoms with Gasteiger partial charge in [0.2, 0.25) is 16.4 Å². The maximum atomic E-state index is 12.0. The van der Waals surface area contributed by atoms with Gasteiger partial charge in [0.25, 0.3) is 0 Å². The highest BCUT2D eigenvalue weighted by Crippen LogP contribution is 2.16. The molecule has 0 aliphatic carbocycles. The molecule has 0 spiro atoms. The standard InChI is InChI=1S/C12H16N4O4S/c13-6-1-7-19-10-2-4-11(5-3-10)21(17,18)15-8-12-14-9-20-16-12/h2-5,9,15H,1,6-8,13H2. The van der Waals surface area contributed by atoms with Crippen molar-refractivity contribution in [2.75, 3.05) is 13.2 Å². The molecule has 0 fully saturated rings. The van der Waals surface area contributed by atoms with Crippen molar-refractivity contribution in [2.24, 2.45) is 5.73 Å².